The maximum absolute atomic E-state index is 4.31. The molecule has 0 radical (unpaired) electrons. The number of hydrogen-bond donors (Lipinski definition) is 2. The summed E-state index contributed by atoms with van der Waals surface area (Å²) in [6, 6.07) is 0. The number of nitrogens with zero attached hydrogens (tertiary/aromatic N) is 2. The van der Waals surface area contributed by atoms with Crippen LogP contribution >= 0.6 is 0 Å². The lowest BCUT2D eigenvalue weighted by Gasteiger charge is -2.46. The molecule has 3 aliphatic rings. The SMILES string of the molecule is C=C1C=C=C/C=C(/C)CN=C=CN[C@H]1N1CCC2(CCNCC2)CC1. The summed E-state index contributed by atoms with van der Waals surface area (Å²) < 4.78 is 0. The minimum Gasteiger partial charge on any atom is -0.364 e. The fraction of sp³-hybridized carbons (Fsp3) is 0.571. The van der Waals surface area contributed by atoms with E-state index >= 15 is 0 Å². The van der Waals surface area contributed by atoms with E-state index in [0.29, 0.717) is 12.0 Å². The van der Waals surface area contributed by atoms with Gasteiger partial charge in [-0.1, -0.05) is 18.2 Å². The predicted octanol–water partition coefficient (Wildman–Crippen LogP) is 2.78. The van der Waals surface area contributed by atoms with Crippen molar-refractivity contribution < 1.29 is 0 Å². The summed E-state index contributed by atoms with van der Waals surface area (Å²) >= 11 is 0. The highest BCUT2D eigenvalue weighted by molar-refractivity contribution is 5.51. The van der Waals surface area contributed by atoms with E-state index in [1.807, 2.05) is 24.4 Å². The molecule has 0 bridgehead atoms. The molecule has 3 heterocycles. The maximum Gasteiger partial charge on any atom is 0.106 e. The molecule has 0 amide bonds. The summed E-state index contributed by atoms with van der Waals surface area (Å²) in [5.41, 5.74) is 6.01. The van der Waals surface area contributed by atoms with Crippen molar-refractivity contribution in [1.29, 1.82) is 0 Å². The van der Waals surface area contributed by atoms with Crippen molar-refractivity contribution in [2.45, 2.75) is 38.8 Å². The largest absolute Gasteiger partial charge is 0.364 e. The Morgan fingerprint density at radius 2 is 2.00 bits per heavy atom. The van der Waals surface area contributed by atoms with Crippen LogP contribution in [-0.4, -0.2) is 49.7 Å². The lowest BCUT2D eigenvalue weighted by atomic mass is 9.71. The Bertz CT molecular complexity index is 629. The predicted molar refractivity (Wildman–Crippen MR) is 105 cm³/mol. The third-order valence-corrected chi connectivity index (χ3v) is 5.70. The van der Waals surface area contributed by atoms with Crippen LogP contribution in [0.2, 0.25) is 0 Å². The van der Waals surface area contributed by atoms with Crippen LogP contribution in [0, 0.1) is 5.41 Å². The molecule has 2 saturated heterocycles. The third kappa shape index (κ3) is 4.84. The molecule has 2 N–H and O–H groups in total. The van der Waals surface area contributed by atoms with E-state index in [1.165, 1.54) is 44.3 Å². The van der Waals surface area contributed by atoms with Gasteiger partial charge < -0.3 is 10.6 Å². The Balaban J connectivity index is 1.70. The highest BCUT2D eigenvalue weighted by Crippen LogP contribution is 2.40. The molecular formula is C21H30N4. The first kappa shape index (κ1) is 18.0. The molecule has 4 nitrogen and oxygen atoms in total. The average molecular weight is 338 g/mol. The van der Waals surface area contributed by atoms with Crippen molar-refractivity contribution in [2.24, 2.45) is 10.4 Å². The van der Waals surface area contributed by atoms with Gasteiger partial charge in [0.1, 0.15) is 6.17 Å². The Hall–Kier alpha value is -1.83. The molecule has 3 rings (SSSR count). The molecule has 0 aromatic heterocycles. The molecule has 0 saturated carbocycles. The van der Waals surface area contributed by atoms with Gasteiger partial charge in [-0.2, -0.15) is 0 Å². The van der Waals surface area contributed by atoms with Gasteiger partial charge in [0.2, 0.25) is 0 Å². The van der Waals surface area contributed by atoms with Gasteiger partial charge in [-0.05, 0) is 74.7 Å². The topological polar surface area (TPSA) is 39.7 Å². The van der Waals surface area contributed by atoms with Gasteiger partial charge in [0.05, 0.1) is 12.7 Å². The number of aliphatic imine (C=N–C) groups is 1. The van der Waals surface area contributed by atoms with Crippen LogP contribution in [-0.2, 0) is 0 Å². The number of hydrogen-bond acceptors (Lipinski definition) is 4. The van der Waals surface area contributed by atoms with Gasteiger partial charge in [-0.15, -0.1) is 5.73 Å². The van der Waals surface area contributed by atoms with E-state index in [0.717, 1.165) is 18.7 Å². The van der Waals surface area contributed by atoms with Crippen molar-refractivity contribution in [2.75, 3.05) is 32.7 Å². The van der Waals surface area contributed by atoms with E-state index in [4.69, 9.17) is 0 Å². The fourth-order valence-electron chi connectivity index (χ4n) is 3.97. The van der Waals surface area contributed by atoms with E-state index in [2.05, 4.69) is 45.6 Å². The molecule has 1 spiro atoms. The minimum absolute atomic E-state index is 0.0900. The smallest absolute Gasteiger partial charge is 0.106 e. The third-order valence-electron chi connectivity index (χ3n) is 5.70. The van der Waals surface area contributed by atoms with Crippen LogP contribution in [0.1, 0.15) is 32.6 Å². The molecule has 25 heavy (non-hydrogen) atoms. The van der Waals surface area contributed by atoms with Gasteiger partial charge in [-0.3, -0.25) is 4.90 Å². The van der Waals surface area contributed by atoms with Gasteiger partial charge >= 0.3 is 0 Å². The molecule has 0 aromatic rings. The van der Waals surface area contributed by atoms with Gasteiger partial charge in [0.15, 0.2) is 0 Å². The monoisotopic (exact) mass is 338 g/mol. The highest BCUT2D eigenvalue weighted by Gasteiger charge is 2.37. The molecule has 0 unspecified atom stereocenters. The fourth-order valence-corrected chi connectivity index (χ4v) is 3.97. The number of allylic oxidation sites excluding steroid dienone is 1. The molecule has 0 aliphatic carbocycles. The molecular weight excluding hydrogens is 308 g/mol. The Kier molecular flexibility index (Phi) is 6.12. The lowest BCUT2D eigenvalue weighted by Crippen LogP contribution is -2.52. The molecule has 2 fully saturated rings. The van der Waals surface area contributed by atoms with E-state index in [-0.39, 0.29) is 6.17 Å². The zero-order chi connectivity index (χ0) is 17.5. The number of likely N-dealkylation sites (tertiary alicyclic amines) is 1. The summed E-state index contributed by atoms with van der Waals surface area (Å²) in [4.78, 5) is 6.81. The second-order valence-corrected chi connectivity index (χ2v) is 7.51. The van der Waals surface area contributed by atoms with Crippen LogP contribution in [0.3, 0.4) is 0 Å². The van der Waals surface area contributed by atoms with Crippen LogP contribution in [0.15, 0.2) is 52.9 Å². The summed E-state index contributed by atoms with van der Waals surface area (Å²) in [5, 5.41) is 6.94. The maximum atomic E-state index is 4.31. The van der Waals surface area contributed by atoms with Crippen LogP contribution in [0.5, 0.6) is 0 Å². The lowest BCUT2D eigenvalue weighted by molar-refractivity contribution is 0.0543. The minimum atomic E-state index is 0.0900. The summed E-state index contributed by atoms with van der Waals surface area (Å²) in [7, 11) is 0. The van der Waals surface area contributed by atoms with Crippen molar-refractivity contribution >= 4 is 5.87 Å². The average Bonchev–Trinajstić information content (AvgIpc) is 2.62. The van der Waals surface area contributed by atoms with Crippen molar-refractivity contribution in [3.8, 4) is 0 Å². The van der Waals surface area contributed by atoms with Gasteiger partial charge in [0.25, 0.3) is 0 Å². The van der Waals surface area contributed by atoms with Gasteiger partial charge in [-0.25, -0.2) is 4.99 Å². The van der Waals surface area contributed by atoms with Gasteiger partial charge in [0, 0.05) is 13.1 Å². The second kappa shape index (κ2) is 8.51. The first-order valence-electron chi connectivity index (χ1n) is 9.40. The first-order chi connectivity index (χ1) is 12.2. The summed E-state index contributed by atoms with van der Waals surface area (Å²) in [6.45, 7) is 11.6. The van der Waals surface area contributed by atoms with E-state index < -0.39 is 0 Å². The second-order valence-electron chi connectivity index (χ2n) is 7.51. The Labute approximate surface area is 151 Å². The molecule has 1 atom stereocenters. The van der Waals surface area contributed by atoms with Crippen molar-refractivity contribution in [3.63, 3.8) is 0 Å². The van der Waals surface area contributed by atoms with Crippen LogP contribution < -0.4 is 10.6 Å². The Morgan fingerprint density at radius 1 is 1.24 bits per heavy atom. The number of piperidine rings is 2. The summed E-state index contributed by atoms with van der Waals surface area (Å²) in [5.74, 6) is 3.00. The molecule has 3 aliphatic heterocycles. The number of nitrogens with one attached hydrogen (secondary N) is 2. The number of rotatable bonds is 1. The molecule has 0 aromatic carbocycles. The highest BCUT2D eigenvalue weighted by atomic mass is 15.3. The van der Waals surface area contributed by atoms with Crippen molar-refractivity contribution in [1.82, 2.24) is 15.5 Å². The first-order valence-corrected chi connectivity index (χ1v) is 9.40. The summed E-state index contributed by atoms with van der Waals surface area (Å²) in [6.07, 6.45) is 13.1. The van der Waals surface area contributed by atoms with E-state index in [1.54, 1.807) is 0 Å². The standard InChI is InChI=1S/C21H30N4/c1-18-5-3-4-6-19(2)20(24-14-13-23-17-18)25-15-9-21(10-16-25)7-11-22-12-8-21/h3,5-6,14,20,22,24H,2,7-12,15-17H2,1H3/b18-5-/t4?,20-/m0/s1. The Morgan fingerprint density at radius 3 is 2.76 bits per heavy atom. The van der Waals surface area contributed by atoms with Crippen molar-refractivity contribution in [3.05, 3.63) is 47.9 Å². The zero-order valence-electron chi connectivity index (χ0n) is 15.4. The quantitative estimate of drug-likeness (QED) is 0.722. The zero-order valence-corrected chi connectivity index (χ0v) is 15.4. The van der Waals surface area contributed by atoms with E-state index in [9.17, 15) is 0 Å². The van der Waals surface area contributed by atoms with Crippen LogP contribution in [0.25, 0.3) is 0 Å². The normalized spacial score (nSPS) is 29.6. The molecule has 4 heteroatoms. The molecule has 134 valence electrons. The van der Waals surface area contributed by atoms with Crippen LogP contribution in [0.4, 0.5) is 0 Å².